The fourth-order valence-corrected chi connectivity index (χ4v) is 1.58. The summed E-state index contributed by atoms with van der Waals surface area (Å²) in [6.07, 6.45) is 3.81. The smallest absolute Gasteiger partial charge is 0.162 e. The number of hydrogen-bond acceptors (Lipinski definition) is 3. The van der Waals surface area contributed by atoms with Crippen LogP contribution in [0.25, 0.3) is 0 Å². The maximum Gasteiger partial charge on any atom is 0.162 e. The first-order valence-electron chi connectivity index (χ1n) is 5.40. The van der Waals surface area contributed by atoms with Gasteiger partial charge in [0.1, 0.15) is 0 Å². The molecule has 0 radical (unpaired) electrons. The summed E-state index contributed by atoms with van der Waals surface area (Å²) in [5.41, 5.74) is 4.02. The second-order valence-electron chi connectivity index (χ2n) is 3.85. The predicted molar refractivity (Wildman–Crippen MR) is 71.1 cm³/mol. The van der Waals surface area contributed by atoms with Crippen LogP contribution >= 0.6 is 0 Å². The molecule has 1 aliphatic rings. The number of methoxy groups -OCH3 is 2. The Balaban J connectivity index is 3.36. The second-order valence-corrected chi connectivity index (χ2v) is 3.85. The van der Waals surface area contributed by atoms with E-state index in [4.69, 9.17) is 9.47 Å². The van der Waals surface area contributed by atoms with Crippen molar-refractivity contribution in [3.05, 3.63) is 47.0 Å². The first-order valence-corrected chi connectivity index (χ1v) is 5.40. The SMILES string of the molecule is C=C(C)/C(C)=C1\C=C(OC)C(OC)=CC1=NC. The third-order valence-corrected chi connectivity index (χ3v) is 2.79. The van der Waals surface area contributed by atoms with Crippen molar-refractivity contribution in [3.63, 3.8) is 0 Å². The van der Waals surface area contributed by atoms with Gasteiger partial charge in [-0.2, -0.15) is 0 Å². The minimum absolute atomic E-state index is 0.686. The number of aliphatic imine (C=N–C) groups is 1. The highest BCUT2D eigenvalue weighted by Gasteiger charge is 2.18. The van der Waals surface area contributed by atoms with Gasteiger partial charge >= 0.3 is 0 Å². The Morgan fingerprint density at radius 3 is 2.06 bits per heavy atom. The Morgan fingerprint density at radius 1 is 1.12 bits per heavy atom. The van der Waals surface area contributed by atoms with Crippen molar-refractivity contribution >= 4 is 5.71 Å². The van der Waals surface area contributed by atoms with Crippen molar-refractivity contribution in [2.24, 2.45) is 4.99 Å². The van der Waals surface area contributed by atoms with E-state index in [1.807, 2.05) is 26.0 Å². The molecule has 1 aliphatic carbocycles. The van der Waals surface area contributed by atoms with Crippen LogP contribution < -0.4 is 0 Å². The molecule has 0 N–H and O–H groups in total. The summed E-state index contributed by atoms with van der Waals surface area (Å²) in [5, 5.41) is 0. The van der Waals surface area contributed by atoms with Crippen LogP contribution in [-0.4, -0.2) is 27.0 Å². The lowest BCUT2D eigenvalue weighted by Crippen LogP contribution is -2.11. The van der Waals surface area contributed by atoms with Crippen molar-refractivity contribution in [2.45, 2.75) is 13.8 Å². The monoisotopic (exact) mass is 233 g/mol. The van der Waals surface area contributed by atoms with E-state index in [0.717, 1.165) is 22.4 Å². The van der Waals surface area contributed by atoms with Crippen LogP contribution in [0.3, 0.4) is 0 Å². The number of hydrogen-bond donors (Lipinski definition) is 0. The van der Waals surface area contributed by atoms with Crippen LogP contribution in [0.1, 0.15) is 13.8 Å². The van der Waals surface area contributed by atoms with Gasteiger partial charge in [0.05, 0.1) is 19.9 Å². The third-order valence-electron chi connectivity index (χ3n) is 2.79. The van der Waals surface area contributed by atoms with Crippen LogP contribution in [0.15, 0.2) is 52.0 Å². The molecule has 0 aromatic rings. The van der Waals surface area contributed by atoms with Crippen molar-refractivity contribution < 1.29 is 9.47 Å². The lowest BCUT2D eigenvalue weighted by atomic mass is 9.95. The molecule has 17 heavy (non-hydrogen) atoms. The first kappa shape index (κ1) is 13.3. The van der Waals surface area contributed by atoms with Crippen molar-refractivity contribution in [1.29, 1.82) is 0 Å². The lowest BCUT2D eigenvalue weighted by molar-refractivity contribution is 0.220. The average Bonchev–Trinajstić information content (AvgIpc) is 2.35. The topological polar surface area (TPSA) is 30.8 Å². The Hall–Kier alpha value is -1.77. The van der Waals surface area contributed by atoms with Gasteiger partial charge in [-0.1, -0.05) is 12.2 Å². The molecule has 0 atom stereocenters. The molecule has 0 aromatic carbocycles. The molecule has 0 unspecified atom stereocenters. The normalized spacial score (nSPS) is 20.6. The maximum atomic E-state index is 5.30. The summed E-state index contributed by atoms with van der Waals surface area (Å²) >= 11 is 0. The zero-order valence-corrected chi connectivity index (χ0v) is 11.1. The molecule has 0 aromatic heterocycles. The van der Waals surface area contributed by atoms with E-state index in [1.165, 1.54) is 0 Å². The number of allylic oxidation sites excluding steroid dienone is 5. The molecule has 0 aliphatic heterocycles. The van der Waals surface area contributed by atoms with Gasteiger partial charge in [0.2, 0.25) is 0 Å². The van der Waals surface area contributed by atoms with Crippen molar-refractivity contribution in [1.82, 2.24) is 0 Å². The van der Waals surface area contributed by atoms with Gasteiger partial charge in [0, 0.05) is 18.7 Å². The van der Waals surface area contributed by atoms with E-state index in [1.54, 1.807) is 21.3 Å². The summed E-state index contributed by atoms with van der Waals surface area (Å²) in [4.78, 5) is 4.26. The molecule has 1 rings (SSSR count). The molecule has 0 spiro atoms. The average molecular weight is 233 g/mol. The number of nitrogens with zero attached hydrogens (tertiary/aromatic N) is 1. The zero-order valence-electron chi connectivity index (χ0n) is 11.1. The summed E-state index contributed by atoms with van der Waals surface area (Å²) in [6, 6.07) is 0. The van der Waals surface area contributed by atoms with E-state index >= 15 is 0 Å². The molecular formula is C14H19NO2. The first-order chi connectivity index (χ1) is 8.04. The van der Waals surface area contributed by atoms with Crippen LogP contribution in [0.2, 0.25) is 0 Å². The number of rotatable bonds is 3. The maximum absolute atomic E-state index is 5.30. The van der Waals surface area contributed by atoms with Crippen molar-refractivity contribution in [2.75, 3.05) is 21.3 Å². The van der Waals surface area contributed by atoms with E-state index in [-0.39, 0.29) is 0 Å². The van der Waals surface area contributed by atoms with E-state index in [0.29, 0.717) is 11.5 Å². The molecule has 0 saturated carbocycles. The molecule has 0 amide bonds. The highest BCUT2D eigenvalue weighted by molar-refractivity contribution is 6.13. The van der Waals surface area contributed by atoms with Crippen LogP contribution in [0.5, 0.6) is 0 Å². The van der Waals surface area contributed by atoms with E-state index in [2.05, 4.69) is 11.6 Å². The highest BCUT2D eigenvalue weighted by Crippen LogP contribution is 2.26. The Kier molecular flexibility index (Phi) is 4.32. The van der Waals surface area contributed by atoms with Gasteiger partial charge in [-0.25, -0.2) is 0 Å². The molecule has 92 valence electrons. The number of ether oxygens (including phenoxy) is 2. The quantitative estimate of drug-likeness (QED) is 0.750. The summed E-state index contributed by atoms with van der Waals surface area (Å²) in [6.45, 7) is 7.96. The second kappa shape index (κ2) is 5.53. The van der Waals surface area contributed by atoms with Gasteiger partial charge in [-0.15, -0.1) is 0 Å². The molecule has 0 heterocycles. The van der Waals surface area contributed by atoms with Gasteiger partial charge in [0.15, 0.2) is 11.5 Å². The Labute approximate surface area is 103 Å². The van der Waals surface area contributed by atoms with Crippen LogP contribution in [0, 0.1) is 0 Å². The lowest BCUT2D eigenvalue weighted by Gasteiger charge is -2.18. The molecule has 3 nitrogen and oxygen atoms in total. The summed E-state index contributed by atoms with van der Waals surface area (Å²) in [5.74, 6) is 1.39. The van der Waals surface area contributed by atoms with Gasteiger partial charge in [0.25, 0.3) is 0 Å². The predicted octanol–water partition coefficient (Wildman–Crippen LogP) is 3.02. The fourth-order valence-electron chi connectivity index (χ4n) is 1.58. The zero-order chi connectivity index (χ0) is 13.0. The van der Waals surface area contributed by atoms with Crippen molar-refractivity contribution in [3.8, 4) is 0 Å². The van der Waals surface area contributed by atoms with Gasteiger partial charge in [-0.05, 0) is 25.5 Å². The Morgan fingerprint density at radius 2 is 1.65 bits per heavy atom. The minimum Gasteiger partial charge on any atom is -0.493 e. The van der Waals surface area contributed by atoms with Gasteiger partial charge < -0.3 is 9.47 Å². The fraction of sp³-hybridized carbons (Fsp3) is 0.357. The van der Waals surface area contributed by atoms with Crippen LogP contribution in [-0.2, 0) is 9.47 Å². The van der Waals surface area contributed by atoms with E-state index in [9.17, 15) is 0 Å². The molecule has 0 saturated heterocycles. The molecule has 0 fully saturated rings. The third kappa shape index (κ3) is 2.67. The minimum atomic E-state index is 0.686. The van der Waals surface area contributed by atoms with Gasteiger partial charge in [-0.3, -0.25) is 4.99 Å². The standard InChI is InChI=1S/C14H19NO2/c1-9(2)10(3)11-7-13(16-5)14(17-6)8-12(11)15-4/h7-8H,1H2,2-6H3/b11-10+,15-12?. The van der Waals surface area contributed by atoms with Crippen LogP contribution in [0.4, 0.5) is 0 Å². The molecular weight excluding hydrogens is 214 g/mol. The largest absolute Gasteiger partial charge is 0.493 e. The molecule has 0 bridgehead atoms. The summed E-state index contributed by atoms with van der Waals surface area (Å²) < 4.78 is 10.6. The Bertz CT molecular complexity index is 451. The highest BCUT2D eigenvalue weighted by atomic mass is 16.5. The van der Waals surface area contributed by atoms with E-state index < -0.39 is 0 Å². The summed E-state index contributed by atoms with van der Waals surface area (Å²) in [7, 11) is 5.00. The molecule has 3 heteroatoms.